The van der Waals surface area contributed by atoms with Crippen LogP contribution in [0.3, 0.4) is 0 Å². The van der Waals surface area contributed by atoms with E-state index in [1.54, 1.807) is 0 Å². The van der Waals surface area contributed by atoms with Crippen LogP contribution in [0.25, 0.3) is 0 Å². The van der Waals surface area contributed by atoms with Crippen molar-refractivity contribution in [3.63, 3.8) is 0 Å². The monoisotopic (exact) mass is 432 g/mol. The van der Waals surface area contributed by atoms with Gasteiger partial charge >= 0.3 is 18.0 Å². The molecule has 30 heavy (non-hydrogen) atoms. The molecule has 0 aliphatic rings. The van der Waals surface area contributed by atoms with Crippen molar-refractivity contribution in [3.8, 4) is 0 Å². The van der Waals surface area contributed by atoms with E-state index in [2.05, 4.69) is 10.3 Å². The van der Waals surface area contributed by atoms with Crippen LogP contribution in [0.5, 0.6) is 0 Å². The van der Waals surface area contributed by atoms with Gasteiger partial charge in [-0.2, -0.15) is 0 Å². The number of hydrogen-bond donors (Lipinski definition) is 8. The normalized spacial score (nSPS) is 14.4. The summed E-state index contributed by atoms with van der Waals surface area (Å²) in [6.45, 7) is -0.0527. The van der Waals surface area contributed by atoms with Gasteiger partial charge in [-0.1, -0.05) is 19.3 Å². The zero-order chi connectivity index (χ0) is 23.2. The van der Waals surface area contributed by atoms with Crippen molar-refractivity contribution < 1.29 is 34.5 Å². The Morgan fingerprint density at radius 2 is 1.63 bits per heavy atom. The van der Waals surface area contributed by atoms with Crippen molar-refractivity contribution >= 4 is 29.9 Å². The van der Waals surface area contributed by atoms with Crippen LogP contribution in [-0.2, 0) is 14.4 Å². The maximum absolute atomic E-state index is 11.9. The molecule has 0 aromatic rings. The number of rotatable bonds is 15. The highest BCUT2D eigenvalue weighted by molar-refractivity contribution is 5.92. The summed E-state index contributed by atoms with van der Waals surface area (Å²) < 4.78 is 0. The minimum atomic E-state index is -1.44. The number of nitrogens with one attached hydrogen (secondary N) is 2. The maximum atomic E-state index is 11.9. The van der Waals surface area contributed by atoms with Gasteiger partial charge in [0.25, 0.3) is 0 Å². The summed E-state index contributed by atoms with van der Waals surface area (Å²) in [5.74, 6) is -3.02. The van der Waals surface area contributed by atoms with Crippen LogP contribution < -0.4 is 27.8 Å². The molecule has 0 saturated heterocycles. The Bertz CT molecular complexity index is 628. The number of carboxylic acid groups (broad SMARTS) is 3. The lowest BCUT2D eigenvalue weighted by molar-refractivity contribution is -0.143. The molecule has 0 spiro atoms. The smallest absolute Gasteiger partial charge is 0.411 e. The third kappa shape index (κ3) is 11.8. The molecule has 2 atom stereocenters. The first-order valence-electron chi connectivity index (χ1n) is 9.56. The maximum Gasteiger partial charge on any atom is 0.411 e. The van der Waals surface area contributed by atoms with Gasteiger partial charge < -0.3 is 37.8 Å². The molecular formula is C17H32N6O7. The summed E-state index contributed by atoms with van der Waals surface area (Å²) in [5.41, 5.74) is 14.9. The molecule has 0 radical (unpaired) electrons. The molecule has 0 bridgehead atoms. The third-order valence-corrected chi connectivity index (χ3v) is 4.37. The lowest BCUT2D eigenvalue weighted by Crippen LogP contribution is -2.53. The second-order valence-electron chi connectivity index (χ2n) is 6.88. The molecule has 2 unspecified atom stereocenters. The number of hydrogen-bond acceptors (Lipinski definition) is 7. The van der Waals surface area contributed by atoms with Crippen LogP contribution in [-0.4, -0.2) is 69.9 Å². The second-order valence-corrected chi connectivity index (χ2v) is 6.88. The minimum Gasteiger partial charge on any atom is -0.480 e. The Labute approximate surface area is 174 Å². The van der Waals surface area contributed by atoms with Crippen molar-refractivity contribution in [2.24, 2.45) is 22.2 Å². The number of carbonyl (C=O) groups excluding carboxylic acids is 1. The second kappa shape index (κ2) is 14.1. The summed E-state index contributed by atoms with van der Waals surface area (Å²) >= 11 is 0. The lowest BCUT2D eigenvalue weighted by atomic mass is 9.93. The Kier molecular flexibility index (Phi) is 12.7. The van der Waals surface area contributed by atoms with Crippen LogP contribution in [0.15, 0.2) is 4.99 Å². The van der Waals surface area contributed by atoms with E-state index in [4.69, 9.17) is 27.4 Å². The number of aliphatic imine (C=N–C) groups is 1. The minimum absolute atomic E-state index is 0.105. The van der Waals surface area contributed by atoms with Gasteiger partial charge in [0.1, 0.15) is 11.6 Å². The van der Waals surface area contributed by atoms with E-state index in [-0.39, 0.29) is 44.7 Å². The van der Waals surface area contributed by atoms with Gasteiger partial charge in [-0.05, 0) is 25.7 Å². The van der Waals surface area contributed by atoms with Gasteiger partial charge in [-0.25, -0.2) is 9.59 Å². The average molecular weight is 432 g/mol. The van der Waals surface area contributed by atoms with E-state index >= 15 is 0 Å². The molecule has 13 heteroatoms. The molecule has 0 aromatic heterocycles. The fourth-order valence-corrected chi connectivity index (χ4v) is 2.54. The summed E-state index contributed by atoms with van der Waals surface area (Å²) in [6.07, 6.45) is 1.83. The molecular weight excluding hydrogens is 400 g/mol. The molecule has 0 aliphatic carbocycles. The Hall–Kier alpha value is -2.93. The number of guanidine groups is 1. The Morgan fingerprint density at radius 3 is 2.17 bits per heavy atom. The van der Waals surface area contributed by atoms with Crippen LogP contribution >= 0.6 is 0 Å². The van der Waals surface area contributed by atoms with Gasteiger partial charge in [0.2, 0.25) is 5.91 Å². The summed E-state index contributed by atoms with van der Waals surface area (Å²) in [7, 11) is 0. The van der Waals surface area contributed by atoms with Crippen molar-refractivity contribution in [1.29, 1.82) is 0 Å². The van der Waals surface area contributed by atoms with Gasteiger partial charge in [-0.3, -0.25) is 19.9 Å². The quantitative estimate of drug-likeness (QED) is 0.0890. The van der Waals surface area contributed by atoms with E-state index in [1.165, 1.54) is 0 Å². The number of carbonyl (C=O) groups is 4. The molecule has 0 rings (SSSR count). The SMILES string of the molecule is NCC(N)(CCCCCCC(=O)NC(CCCN=C(N)NC(=O)O)C(=O)O)C(=O)O. The first kappa shape index (κ1) is 27.1. The van der Waals surface area contributed by atoms with Crippen LogP contribution in [0.4, 0.5) is 4.79 Å². The van der Waals surface area contributed by atoms with Crippen molar-refractivity contribution in [3.05, 3.63) is 0 Å². The van der Waals surface area contributed by atoms with Crippen LogP contribution in [0.1, 0.15) is 51.4 Å². The molecule has 2 amide bonds. The zero-order valence-electron chi connectivity index (χ0n) is 16.8. The highest BCUT2D eigenvalue weighted by Gasteiger charge is 2.31. The Balaban J connectivity index is 4.13. The average Bonchev–Trinajstić information content (AvgIpc) is 2.65. The molecule has 0 aromatic carbocycles. The van der Waals surface area contributed by atoms with Gasteiger partial charge in [0.15, 0.2) is 5.96 Å². The molecule has 11 N–H and O–H groups in total. The van der Waals surface area contributed by atoms with Gasteiger partial charge in [0, 0.05) is 19.5 Å². The van der Waals surface area contributed by atoms with E-state index in [1.807, 2.05) is 5.32 Å². The van der Waals surface area contributed by atoms with E-state index in [0.29, 0.717) is 25.7 Å². The fraction of sp³-hybridized carbons (Fsp3) is 0.706. The number of amides is 2. The number of unbranched alkanes of at least 4 members (excludes halogenated alkanes) is 3. The summed E-state index contributed by atoms with van der Waals surface area (Å²) in [6, 6.07) is -1.08. The van der Waals surface area contributed by atoms with Gasteiger partial charge in [-0.15, -0.1) is 0 Å². The molecule has 0 saturated carbocycles. The van der Waals surface area contributed by atoms with Gasteiger partial charge in [0.05, 0.1) is 0 Å². The molecule has 172 valence electrons. The van der Waals surface area contributed by atoms with Crippen LogP contribution in [0, 0.1) is 0 Å². The summed E-state index contributed by atoms with van der Waals surface area (Å²) in [5, 5.41) is 31.0. The Morgan fingerprint density at radius 1 is 1.00 bits per heavy atom. The first-order chi connectivity index (χ1) is 14.0. The van der Waals surface area contributed by atoms with Crippen LogP contribution in [0.2, 0.25) is 0 Å². The predicted octanol–water partition coefficient (Wildman–Crippen LogP) is -1.00. The molecule has 0 heterocycles. The highest BCUT2D eigenvalue weighted by Crippen LogP contribution is 2.13. The van der Waals surface area contributed by atoms with E-state index < -0.39 is 35.5 Å². The highest BCUT2D eigenvalue weighted by atomic mass is 16.4. The number of nitrogens with two attached hydrogens (primary N) is 3. The molecule has 0 aliphatic heterocycles. The topological polar surface area (TPSA) is 243 Å². The van der Waals surface area contributed by atoms with Crippen molar-refractivity contribution in [1.82, 2.24) is 10.6 Å². The summed E-state index contributed by atoms with van der Waals surface area (Å²) in [4.78, 5) is 48.3. The van der Waals surface area contributed by atoms with Crippen molar-refractivity contribution in [2.45, 2.75) is 62.9 Å². The van der Waals surface area contributed by atoms with E-state index in [0.717, 1.165) is 0 Å². The first-order valence-corrected chi connectivity index (χ1v) is 9.56. The third-order valence-electron chi connectivity index (χ3n) is 4.37. The lowest BCUT2D eigenvalue weighted by Gasteiger charge is -2.22. The standard InChI is InChI=1S/C17H32N6O7/c18-10-17(20,14(27)28)8-4-2-1-3-7-12(24)22-11(13(25)26)6-5-9-21-15(19)23-16(29)30/h11H,1-10,18,20H2,(H,22,24)(H,25,26)(H,27,28)(H,29,30)(H3,19,21,23). The largest absolute Gasteiger partial charge is 0.480 e. The number of aliphatic carboxylic acids is 2. The zero-order valence-corrected chi connectivity index (χ0v) is 16.8. The predicted molar refractivity (Wildman–Crippen MR) is 108 cm³/mol. The molecule has 0 fully saturated rings. The molecule has 13 nitrogen and oxygen atoms in total. The van der Waals surface area contributed by atoms with Crippen molar-refractivity contribution in [2.75, 3.05) is 13.1 Å². The fourth-order valence-electron chi connectivity index (χ4n) is 2.54. The number of carboxylic acids is 2. The van der Waals surface area contributed by atoms with E-state index in [9.17, 15) is 24.3 Å². The number of nitrogens with zero attached hydrogens (tertiary/aromatic N) is 1.